The van der Waals surface area contributed by atoms with E-state index in [2.05, 4.69) is 0 Å². The van der Waals surface area contributed by atoms with Gasteiger partial charge in [0.1, 0.15) is 5.82 Å². The highest BCUT2D eigenvalue weighted by Crippen LogP contribution is 2.11. The molecule has 0 saturated carbocycles. The number of aryl methyl sites for hydroxylation is 1. The van der Waals surface area contributed by atoms with Crippen molar-refractivity contribution < 1.29 is 21.6 Å². The molecule has 0 fully saturated rings. The van der Waals surface area contributed by atoms with Gasteiger partial charge in [-0.2, -0.15) is 0 Å². The van der Waals surface area contributed by atoms with Gasteiger partial charge < -0.3 is 5.73 Å². The predicted octanol–water partition coefficient (Wildman–Crippen LogP) is 2.35. The molecule has 9 heteroatoms. The monoisotopic (exact) mass is 339 g/mol. The van der Waals surface area contributed by atoms with Crippen LogP contribution in [0.4, 0.5) is 13.2 Å². The Morgan fingerprint density at radius 1 is 1.27 bits per heavy atom. The summed E-state index contributed by atoms with van der Waals surface area (Å²) in [4.78, 5) is 0. The molecule has 0 heterocycles. The molecule has 126 valence electrons. The molecule has 0 radical (unpaired) electrons. The molecule has 0 unspecified atom stereocenters. The van der Waals surface area contributed by atoms with Crippen LogP contribution in [-0.2, 0) is 10.0 Å². The maximum Gasteiger partial charge on any atom is 0.239 e. The minimum absolute atomic E-state index is 0.110. The molecule has 1 aromatic rings. The maximum atomic E-state index is 12.4. The highest BCUT2D eigenvalue weighted by molar-refractivity contribution is 7.90. The van der Waals surface area contributed by atoms with Gasteiger partial charge in [0.05, 0.1) is 5.25 Å². The summed E-state index contributed by atoms with van der Waals surface area (Å²) in [6.45, 7) is 4.74. The van der Waals surface area contributed by atoms with Crippen LogP contribution >= 0.6 is 0 Å². The number of nitrogens with one attached hydrogen (secondary N) is 1. The van der Waals surface area contributed by atoms with Crippen LogP contribution in [0.1, 0.15) is 25.8 Å². The molecular formula is C13H20F3N3O2S. The van der Waals surface area contributed by atoms with Crippen molar-refractivity contribution in [2.24, 2.45) is 5.73 Å². The van der Waals surface area contributed by atoms with Gasteiger partial charge in [-0.1, -0.05) is 6.92 Å². The third-order valence-corrected chi connectivity index (χ3v) is 5.32. The average molecular weight is 339 g/mol. The molecule has 0 aliphatic heterocycles. The summed E-state index contributed by atoms with van der Waals surface area (Å²) in [6.07, 6.45) is 0.514. The van der Waals surface area contributed by atoms with Crippen molar-refractivity contribution in [3.8, 4) is 0 Å². The van der Waals surface area contributed by atoms with Crippen molar-refractivity contribution in [3.05, 3.63) is 35.1 Å². The number of hydrogen-bond acceptors (Lipinski definition) is 3. The summed E-state index contributed by atoms with van der Waals surface area (Å²) in [5.41, 5.74) is 5.15. The first-order valence-corrected chi connectivity index (χ1v) is 7.88. The Hall–Kier alpha value is -1.77. The third-order valence-electron chi connectivity index (χ3n) is 3.01. The molecule has 5 nitrogen and oxygen atoms in total. The molecule has 1 rings (SSSR count). The largest absolute Gasteiger partial charge is 0.369 e. The van der Waals surface area contributed by atoms with E-state index >= 15 is 0 Å². The van der Waals surface area contributed by atoms with E-state index in [0.717, 1.165) is 10.4 Å². The predicted molar refractivity (Wildman–Crippen MR) is 79.4 cm³/mol. The van der Waals surface area contributed by atoms with Crippen molar-refractivity contribution >= 4 is 16.0 Å². The first-order chi connectivity index (χ1) is 9.94. The molecule has 0 saturated heterocycles. The minimum Gasteiger partial charge on any atom is -0.369 e. The molecule has 1 atom stereocenters. The van der Waals surface area contributed by atoms with Crippen molar-refractivity contribution in [3.63, 3.8) is 0 Å². The lowest BCUT2D eigenvalue weighted by atomic mass is 10.2. The smallest absolute Gasteiger partial charge is 0.239 e. The third kappa shape index (κ3) is 5.21. The first kappa shape index (κ1) is 20.2. The van der Waals surface area contributed by atoms with Crippen molar-refractivity contribution in [1.29, 1.82) is 5.41 Å². The second kappa shape index (κ2) is 8.02. The quantitative estimate of drug-likeness (QED) is 0.503. The molecule has 3 N–H and O–H groups in total. The number of rotatable bonds is 3. The fourth-order valence-corrected chi connectivity index (χ4v) is 2.47. The summed E-state index contributed by atoms with van der Waals surface area (Å²) in [7, 11) is -2.12. The summed E-state index contributed by atoms with van der Waals surface area (Å²) in [5.74, 6) is -3.34. The molecule has 0 bridgehead atoms. The molecular weight excluding hydrogens is 319 g/mol. The molecule has 0 spiro atoms. The Balaban J connectivity index is 0.000000406. The van der Waals surface area contributed by atoms with Gasteiger partial charge in [0.25, 0.3) is 0 Å². The van der Waals surface area contributed by atoms with Crippen molar-refractivity contribution in [2.45, 2.75) is 32.4 Å². The second-order valence-corrected chi connectivity index (χ2v) is 7.01. The second-order valence-electron chi connectivity index (χ2n) is 4.63. The number of guanidine groups is 1. The van der Waals surface area contributed by atoms with Crippen LogP contribution in [-0.4, -0.2) is 31.0 Å². The van der Waals surface area contributed by atoms with Crippen LogP contribution in [0.5, 0.6) is 0 Å². The summed E-state index contributed by atoms with van der Waals surface area (Å²) >= 11 is 0. The Morgan fingerprint density at radius 2 is 1.73 bits per heavy atom. The zero-order chi connectivity index (χ0) is 17.7. The van der Waals surface area contributed by atoms with Crippen molar-refractivity contribution in [2.75, 3.05) is 7.05 Å². The molecule has 0 aromatic heterocycles. The molecule has 22 heavy (non-hydrogen) atoms. The summed E-state index contributed by atoms with van der Waals surface area (Å²) < 4.78 is 60.3. The Labute approximate surface area is 128 Å². The van der Waals surface area contributed by atoms with Crippen LogP contribution in [0.2, 0.25) is 0 Å². The van der Waals surface area contributed by atoms with Gasteiger partial charge in [0.15, 0.2) is 11.6 Å². The lowest BCUT2D eigenvalue weighted by Gasteiger charge is -2.20. The van der Waals surface area contributed by atoms with Crippen LogP contribution in [0, 0.1) is 29.8 Å². The first-order valence-electron chi connectivity index (χ1n) is 6.38. The molecule has 0 aliphatic carbocycles. The van der Waals surface area contributed by atoms with Gasteiger partial charge in [-0.25, -0.2) is 25.9 Å². The van der Waals surface area contributed by atoms with E-state index in [0.29, 0.717) is 12.5 Å². The number of benzene rings is 1. The number of halogens is 3. The van der Waals surface area contributed by atoms with Gasteiger partial charge in [0.2, 0.25) is 16.0 Å². The van der Waals surface area contributed by atoms with Gasteiger partial charge >= 0.3 is 0 Å². The lowest BCUT2D eigenvalue weighted by molar-refractivity contribution is 0.492. The topological polar surface area (TPSA) is 87.2 Å². The number of nitrogens with zero attached hydrogens (tertiary/aromatic N) is 1. The van der Waals surface area contributed by atoms with Crippen LogP contribution < -0.4 is 5.73 Å². The summed E-state index contributed by atoms with van der Waals surface area (Å²) in [5, 5.41) is 6.45. The fraction of sp³-hybridized carbons (Fsp3) is 0.462. The molecule has 1 aromatic carbocycles. The van der Waals surface area contributed by atoms with E-state index < -0.39 is 38.7 Å². The number of nitrogens with two attached hydrogens (primary N) is 1. The van der Waals surface area contributed by atoms with Gasteiger partial charge in [-0.15, -0.1) is 0 Å². The zero-order valence-corrected chi connectivity index (χ0v) is 13.6. The Kier molecular flexibility index (Phi) is 7.37. The summed E-state index contributed by atoms with van der Waals surface area (Å²) in [6, 6.07) is 1.36. The van der Waals surface area contributed by atoms with E-state index in [9.17, 15) is 21.6 Å². The molecule has 0 aliphatic rings. The highest BCUT2D eigenvalue weighted by atomic mass is 32.2. The molecule has 0 amide bonds. The van der Waals surface area contributed by atoms with Crippen molar-refractivity contribution in [1.82, 2.24) is 4.31 Å². The zero-order valence-electron chi connectivity index (χ0n) is 12.8. The number of sulfonamides is 1. The van der Waals surface area contributed by atoms with E-state index in [-0.39, 0.29) is 5.56 Å². The van der Waals surface area contributed by atoms with E-state index in [1.807, 2.05) is 0 Å². The SMILES string of the molecule is CC[C@@H](C)S(=O)(=O)N(C)C(=N)N.Cc1cc(F)c(F)cc1F. The Morgan fingerprint density at radius 3 is 2.09 bits per heavy atom. The highest BCUT2D eigenvalue weighted by Gasteiger charge is 2.25. The Bertz CT molecular complexity index is 585. The minimum atomic E-state index is -3.40. The van der Waals surface area contributed by atoms with E-state index in [4.69, 9.17) is 11.1 Å². The van der Waals surface area contributed by atoms with Crippen LogP contribution in [0.25, 0.3) is 0 Å². The fourth-order valence-electron chi connectivity index (χ4n) is 1.24. The standard InChI is InChI=1S/C7H5F3.C6H15N3O2S/c1-4-2-6(9)7(10)3-5(4)8;1-4-5(2)12(10,11)9(3)6(7)8/h2-3H,1H3;5H,4H2,1-3H3,(H3,7,8)/t;5-/m.1/s1. The van der Waals surface area contributed by atoms with Crippen LogP contribution in [0.15, 0.2) is 12.1 Å². The van der Waals surface area contributed by atoms with Gasteiger partial charge in [-0.05, 0) is 31.9 Å². The number of hydrogen-bond donors (Lipinski definition) is 2. The maximum absolute atomic E-state index is 12.4. The van der Waals surface area contributed by atoms with Gasteiger partial charge in [-0.3, -0.25) is 5.41 Å². The van der Waals surface area contributed by atoms with Crippen LogP contribution in [0.3, 0.4) is 0 Å². The van der Waals surface area contributed by atoms with E-state index in [1.165, 1.54) is 14.0 Å². The normalized spacial score (nSPS) is 12.1. The van der Waals surface area contributed by atoms with E-state index in [1.54, 1.807) is 13.8 Å². The van der Waals surface area contributed by atoms with Gasteiger partial charge in [0, 0.05) is 13.1 Å². The average Bonchev–Trinajstić information content (AvgIpc) is 2.43. The lowest BCUT2D eigenvalue weighted by Crippen LogP contribution is -2.42.